The van der Waals surface area contributed by atoms with Crippen molar-refractivity contribution in [3.63, 3.8) is 0 Å². The topological polar surface area (TPSA) is 109 Å². The van der Waals surface area contributed by atoms with Gasteiger partial charge in [-0.2, -0.15) is 0 Å². The number of aryl methyl sites for hydroxylation is 1. The van der Waals surface area contributed by atoms with Gasteiger partial charge in [-0.1, -0.05) is 31.0 Å². The Balaban J connectivity index is 1.32. The summed E-state index contributed by atoms with van der Waals surface area (Å²) in [5.41, 5.74) is 2.47. The summed E-state index contributed by atoms with van der Waals surface area (Å²) in [5, 5.41) is 11.4. The Morgan fingerprint density at radius 1 is 1.00 bits per heavy atom. The highest BCUT2D eigenvalue weighted by Gasteiger charge is 2.38. The van der Waals surface area contributed by atoms with Gasteiger partial charge in [0.1, 0.15) is 15.7 Å². The van der Waals surface area contributed by atoms with E-state index in [4.69, 9.17) is 4.42 Å². The fraction of sp³-hybridized carbons (Fsp3) is 0.333. The molecule has 0 aliphatic heterocycles. The van der Waals surface area contributed by atoms with Gasteiger partial charge in [-0.05, 0) is 80.0 Å². The first-order valence-corrected chi connectivity index (χ1v) is 15.7. The molecular weight excluding hydrogens is 532 g/mol. The van der Waals surface area contributed by atoms with Crippen molar-refractivity contribution < 1.29 is 17.9 Å². The summed E-state index contributed by atoms with van der Waals surface area (Å²) in [6, 6.07) is 16.0. The molecular formula is C30H30N2O5S2. The average Bonchev–Trinajstić information content (AvgIpc) is 3.61. The summed E-state index contributed by atoms with van der Waals surface area (Å²) < 4.78 is 35.2. The maximum absolute atomic E-state index is 13.2. The van der Waals surface area contributed by atoms with Crippen LogP contribution in [0.25, 0.3) is 10.6 Å². The third kappa shape index (κ3) is 5.38. The molecule has 0 amide bonds. The second-order valence-electron chi connectivity index (χ2n) is 10.3. The zero-order valence-electron chi connectivity index (χ0n) is 21.4. The molecule has 0 radical (unpaired) electrons. The average molecular weight is 563 g/mol. The molecule has 0 bridgehead atoms. The largest absolute Gasteiger partial charge is 0.507 e. The molecule has 3 heterocycles. The first-order chi connectivity index (χ1) is 18.9. The fourth-order valence-electron chi connectivity index (χ4n) is 5.51. The monoisotopic (exact) mass is 562 g/mol. The maximum atomic E-state index is 13.2. The van der Waals surface area contributed by atoms with Crippen molar-refractivity contribution in [1.82, 2.24) is 4.98 Å². The normalized spacial score (nSPS) is 16.6. The highest BCUT2D eigenvalue weighted by molar-refractivity contribution is 7.94. The van der Waals surface area contributed by atoms with E-state index >= 15 is 0 Å². The number of thiophene rings is 1. The van der Waals surface area contributed by atoms with E-state index in [9.17, 15) is 18.3 Å². The third-order valence-corrected chi connectivity index (χ3v) is 10.5. The minimum absolute atomic E-state index is 0.0617. The third-order valence-electron chi connectivity index (χ3n) is 7.56. The number of fused-ring (bicyclic) bond motifs is 1. The van der Waals surface area contributed by atoms with E-state index in [1.165, 1.54) is 0 Å². The molecule has 0 saturated heterocycles. The first kappa shape index (κ1) is 25.8. The van der Waals surface area contributed by atoms with Gasteiger partial charge in [-0.15, -0.1) is 11.3 Å². The smallest absolute Gasteiger partial charge is 0.343 e. The quantitative estimate of drug-likeness (QED) is 0.267. The minimum Gasteiger partial charge on any atom is -0.507 e. The van der Waals surface area contributed by atoms with E-state index in [1.807, 2.05) is 24.3 Å². The molecule has 2 aliphatic carbocycles. The van der Waals surface area contributed by atoms with Crippen LogP contribution < -0.4 is 10.3 Å². The highest BCUT2D eigenvalue weighted by Crippen LogP contribution is 2.49. The van der Waals surface area contributed by atoms with Crippen molar-refractivity contribution in [2.75, 3.05) is 4.72 Å². The summed E-state index contributed by atoms with van der Waals surface area (Å²) >= 11 is 1.15. The molecule has 1 aromatic carbocycles. The van der Waals surface area contributed by atoms with Crippen molar-refractivity contribution in [2.45, 2.75) is 61.5 Å². The number of nitrogens with one attached hydrogen (secondary N) is 1. The van der Waals surface area contributed by atoms with Gasteiger partial charge < -0.3 is 9.52 Å². The Labute approximate surface area is 231 Å². The minimum atomic E-state index is -3.84. The summed E-state index contributed by atoms with van der Waals surface area (Å²) in [7, 11) is -3.84. The lowest BCUT2D eigenvalue weighted by atomic mass is 9.85. The van der Waals surface area contributed by atoms with Crippen LogP contribution in [0, 0.1) is 5.92 Å². The molecule has 4 aromatic rings. The lowest BCUT2D eigenvalue weighted by Crippen LogP contribution is -2.19. The van der Waals surface area contributed by atoms with Crippen molar-refractivity contribution in [3.05, 3.63) is 93.7 Å². The van der Waals surface area contributed by atoms with Gasteiger partial charge >= 0.3 is 5.63 Å². The van der Waals surface area contributed by atoms with Crippen LogP contribution in [0.2, 0.25) is 0 Å². The van der Waals surface area contributed by atoms with Crippen LogP contribution in [0.4, 0.5) is 5.69 Å². The molecule has 1 fully saturated rings. The molecule has 9 heteroatoms. The summed E-state index contributed by atoms with van der Waals surface area (Å²) in [5.74, 6) is 0.499. The van der Waals surface area contributed by atoms with Gasteiger partial charge in [0.05, 0.1) is 16.1 Å². The maximum Gasteiger partial charge on any atom is 0.343 e. The lowest BCUT2D eigenvalue weighted by molar-refractivity contribution is 0.382. The van der Waals surface area contributed by atoms with Gasteiger partial charge in [0.2, 0.25) is 0 Å². The number of rotatable bonds is 7. The predicted octanol–water partition coefficient (Wildman–Crippen LogP) is 6.47. The fourth-order valence-corrected chi connectivity index (χ4v) is 7.84. The van der Waals surface area contributed by atoms with Crippen molar-refractivity contribution >= 4 is 27.0 Å². The molecule has 1 atom stereocenters. The van der Waals surface area contributed by atoms with Crippen LogP contribution in [0.15, 0.2) is 74.2 Å². The van der Waals surface area contributed by atoms with E-state index in [2.05, 4.69) is 9.71 Å². The molecule has 2 aliphatic rings. The van der Waals surface area contributed by atoms with Gasteiger partial charge in [-0.25, -0.2) is 13.2 Å². The van der Waals surface area contributed by atoms with Crippen molar-refractivity contribution in [1.29, 1.82) is 0 Å². The molecule has 3 aromatic heterocycles. The number of anilines is 1. The Morgan fingerprint density at radius 2 is 1.82 bits per heavy atom. The standard InChI is InChI=1S/C30H30N2O5S2/c33-29-22-10-3-1-2-4-12-24(22)37-30(34)28(29)27(19-13-14-19)20-8-7-9-21(18-20)32-39(35,36)26-16-15-25(38-26)23-11-5-6-17-31-23/h5-9,11,15-19,27,32-33H,1-4,10,12-14H2. The first-order valence-electron chi connectivity index (χ1n) is 13.4. The molecule has 0 spiro atoms. The molecule has 2 N–H and O–H groups in total. The molecule has 6 rings (SSSR count). The number of benzene rings is 1. The van der Waals surface area contributed by atoms with Gasteiger partial charge in [-0.3, -0.25) is 9.71 Å². The summed E-state index contributed by atoms with van der Waals surface area (Å²) in [4.78, 5) is 18.3. The number of hydrogen-bond acceptors (Lipinski definition) is 7. The SMILES string of the molecule is O=c1oc2c(c(O)c1C(c1cccc(NS(=O)(=O)c3ccc(-c4ccccn4)s3)c1)C1CC1)CCCCCC2. The van der Waals surface area contributed by atoms with E-state index in [-0.39, 0.29) is 21.8 Å². The van der Waals surface area contributed by atoms with E-state index in [1.54, 1.807) is 36.5 Å². The van der Waals surface area contributed by atoms with E-state index in [0.717, 1.165) is 65.9 Å². The summed E-state index contributed by atoms with van der Waals surface area (Å²) in [6.07, 6.45) is 8.97. The van der Waals surface area contributed by atoms with Crippen LogP contribution in [-0.2, 0) is 22.9 Å². The number of pyridine rings is 1. The molecule has 7 nitrogen and oxygen atoms in total. The van der Waals surface area contributed by atoms with Crippen molar-refractivity contribution in [2.24, 2.45) is 5.92 Å². The number of aromatic hydroxyl groups is 1. The van der Waals surface area contributed by atoms with E-state index < -0.39 is 15.6 Å². The number of sulfonamides is 1. The van der Waals surface area contributed by atoms with Crippen LogP contribution >= 0.6 is 11.3 Å². The second-order valence-corrected chi connectivity index (χ2v) is 13.3. The van der Waals surface area contributed by atoms with Crippen LogP contribution in [-0.4, -0.2) is 18.5 Å². The van der Waals surface area contributed by atoms with Crippen LogP contribution in [0.5, 0.6) is 5.75 Å². The number of hydrogen-bond donors (Lipinski definition) is 2. The Bertz CT molecular complexity index is 1660. The lowest BCUT2D eigenvalue weighted by Gasteiger charge is -2.22. The Morgan fingerprint density at radius 3 is 2.59 bits per heavy atom. The second kappa shape index (κ2) is 10.6. The van der Waals surface area contributed by atoms with E-state index in [0.29, 0.717) is 35.5 Å². The van der Waals surface area contributed by atoms with Crippen LogP contribution in [0.1, 0.15) is 66.9 Å². The molecule has 39 heavy (non-hydrogen) atoms. The Kier molecular flexibility index (Phi) is 7.03. The summed E-state index contributed by atoms with van der Waals surface area (Å²) in [6.45, 7) is 0. The number of nitrogens with zero attached hydrogens (tertiary/aromatic N) is 1. The highest BCUT2D eigenvalue weighted by atomic mass is 32.2. The van der Waals surface area contributed by atoms with Gasteiger partial charge in [0, 0.05) is 29.8 Å². The number of aromatic nitrogens is 1. The Hall–Kier alpha value is -3.43. The zero-order chi connectivity index (χ0) is 27.0. The van der Waals surface area contributed by atoms with Gasteiger partial charge in [0.25, 0.3) is 10.0 Å². The van der Waals surface area contributed by atoms with Gasteiger partial charge in [0.15, 0.2) is 0 Å². The molecule has 202 valence electrons. The molecule has 1 saturated carbocycles. The molecule has 1 unspecified atom stereocenters. The van der Waals surface area contributed by atoms with Crippen LogP contribution in [0.3, 0.4) is 0 Å². The van der Waals surface area contributed by atoms with Crippen molar-refractivity contribution in [3.8, 4) is 16.3 Å². The zero-order valence-corrected chi connectivity index (χ0v) is 23.1. The predicted molar refractivity (Wildman–Crippen MR) is 152 cm³/mol.